The zero-order valence-corrected chi connectivity index (χ0v) is 12.6. The maximum atomic E-state index is 12.4. The second-order valence-electron chi connectivity index (χ2n) is 4.92. The number of rotatable bonds is 4. The molecule has 2 aromatic carbocycles. The van der Waals surface area contributed by atoms with Gasteiger partial charge in [-0.1, -0.05) is 48.5 Å². The van der Waals surface area contributed by atoms with Crippen molar-refractivity contribution in [3.8, 4) is 0 Å². The van der Waals surface area contributed by atoms with E-state index in [4.69, 9.17) is 0 Å². The van der Waals surface area contributed by atoms with Gasteiger partial charge >= 0.3 is 0 Å². The summed E-state index contributed by atoms with van der Waals surface area (Å²) in [7, 11) is 0. The van der Waals surface area contributed by atoms with Crippen LogP contribution in [0.5, 0.6) is 0 Å². The first-order chi connectivity index (χ1) is 10.6. The van der Waals surface area contributed by atoms with Gasteiger partial charge in [-0.15, -0.1) is 0 Å². The molecular formula is C18H18N2O2. The van der Waals surface area contributed by atoms with Gasteiger partial charge in [0.1, 0.15) is 5.70 Å². The van der Waals surface area contributed by atoms with Gasteiger partial charge in [-0.05, 0) is 30.2 Å². The highest BCUT2D eigenvalue weighted by Gasteiger charge is 2.12. The number of aryl methyl sites for hydroxylation is 1. The van der Waals surface area contributed by atoms with Gasteiger partial charge in [0.25, 0.3) is 5.91 Å². The van der Waals surface area contributed by atoms with E-state index in [2.05, 4.69) is 10.6 Å². The van der Waals surface area contributed by atoms with Crippen LogP contribution in [-0.2, 0) is 9.59 Å². The van der Waals surface area contributed by atoms with Crippen molar-refractivity contribution < 1.29 is 9.59 Å². The van der Waals surface area contributed by atoms with E-state index in [0.29, 0.717) is 0 Å². The topological polar surface area (TPSA) is 58.2 Å². The molecule has 4 heteroatoms. The summed E-state index contributed by atoms with van der Waals surface area (Å²) in [6, 6.07) is 16.8. The van der Waals surface area contributed by atoms with E-state index in [9.17, 15) is 9.59 Å². The van der Waals surface area contributed by atoms with Crippen LogP contribution in [0.25, 0.3) is 6.08 Å². The standard InChI is InChI=1S/C18H18N2O2/c1-13-8-6-7-11-16(13)20-18(22)17(19-14(2)21)12-15-9-4-3-5-10-15/h3-12H,1-2H3,(H,19,21)(H,20,22)/b17-12-. The number of carbonyl (C=O) groups is 2. The number of hydrogen-bond donors (Lipinski definition) is 2. The van der Waals surface area contributed by atoms with Gasteiger partial charge in [0.15, 0.2) is 0 Å². The number of nitrogens with one attached hydrogen (secondary N) is 2. The van der Waals surface area contributed by atoms with Crippen LogP contribution in [0.3, 0.4) is 0 Å². The van der Waals surface area contributed by atoms with Crippen molar-refractivity contribution in [1.82, 2.24) is 5.32 Å². The molecule has 0 atom stereocenters. The van der Waals surface area contributed by atoms with Crippen molar-refractivity contribution in [3.63, 3.8) is 0 Å². The monoisotopic (exact) mass is 294 g/mol. The molecule has 2 amide bonds. The third-order valence-corrected chi connectivity index (χ3v) is 3.06. The lowest BCUT2D eigenvalue weighted by Crippen LogP contribution is -2.29. The second kappa shape index (κ2) is 7.22. The summed E-state index contributed by atoms with van der Waals surface area (Å²) < 4.78 is 0. The smallest absolute Gasteiger partial charge is 0.272 e. The Balaban J connectivity index is 2.26. The molecule has 2 rings (SSSR count). The molecule has 0 bridgehead atoms. The molecule has 0 saturated carbocycles. The molecule has 22 heavy (non-hydrogen) atoms. The Hall–Kier alpha value is -2.88. The molecule has 0 spiro atoms. The van der Waals surface area contributed by atoms with E-state index in [1.54, 1.807) is 6.08 Å². The minimum Gasteiger partial charge on any atom is -0.322 e. The first-order valence-corrected chi connectivity index (χ1v) is 6.97. The normalized spacial score (nSPS) is 10.9. The molecule has 112 valence electrons. The second-order valence-corrected chi connectivity index (χ2v) is 4.92. The SMILES string of the molecule is CC(=O)N/C(=C\c1ccccc1)C(=O)Nc1ccccc1C. The van der Waals surface area contributed by atoms with Gasteiger partial charge in [-0.2, -0.15) is 0 Å². The Kier molecular flexibility index (Phi) is 5.09. The third-order valence-electron chi connectivity index (χ3n) is 3.06. The van der Waals surface area contributed by atoms with Crippen LogP contribution in [0.4, 0.5) is 5.69 Å². The molecule has 2 aromatic rings. The van der Waals surface area contributed by atoms with Crippen LogP contribution in [0.2, 0.25) is 0 Å². The number of hydrogen-bond acceptors (Lipinski definition) is 2. The van der Waals surface area contributed by atoms with Crippen molar-refractivity contribution in [2.75, 3.05) is 5.32 Å². The van der Waals surface area contributed by atoms with E-state index in [0.717, 1.165) is 16.8 Å². The number of carbonyl (C=O) groups excluding carboxylic acids is 2. The quantitative estimate of drug-likeness (QED) is 0.851. The maximum absolute atomic E-state index is 12.4. The lowest BCUT2D eigenvalue weighted by molar-refractivity contribution is -0.120. The molecule has 0 aromatic heterocycles. The average Bonchev–Trinajstić information content (AvgIpc) is 2.49. The van der Waals surface area contributed by atoms with Crippen molar-refractivity contribution >= 4 is 23.6 Å². The van der Waals surface area contributed by atoms with Gasteiger partial charge < -0.3 is 10.6 Å². The summed E-state index contributed by atoms with van der Waals surface area (Å²) in [6.45, 7) is 3.29. The van der Waals surface area contributed by atoms with Crippen molar-refractivity contribution in [3.05, 3.63) is 71.4 Å². The molecule has 0 aliphatic carbocycles. The van der Waals surface area contributed by atoms with Gasteiger partial charge in [0.05, 0.1) is 0 Å². The highest BCUT2D eigenvalue weighted by atomic mass is 16.2. The summed E-state index contributed by atoms with van der Waals surface area (Å²) in [5, 5.41) is 5.39. The van der Waals surface area contributed by atoms with Crippen LogP contribution >= 0.6 is 0 Å². The molecular weight excluding hydrogens is 276 g/mol. The van der Waals surface area contributed by atoms with E-state index < -0.39 is 0 Å². The molecule has 0 radical (unpaired) electrons. The highest BCUT2D eigenvalue weighted by molar-refractivity contribution is 6.08. The average molecular weight is 294 g/mol. The molecule has 0 heterocycles. The molecule has 0 saturated heterocycles. The van der Waals surface area contributed by atoms with E-state index in [-0.39, 0.29) is 17.5 Å². The fourth-order valence-electron chi connectivity index (χ4n) is 1.97. The Morgan fingerprint density at radius 1 is 0.955 bits per heavy atom. The Labute approximate surface area is 129 Å². The lowest BCUT2D eigenvalue weighted by atomic mass is 10.1. The van der Waals surface area contributed by atoms with Crippen LogP contribution in [0, 0.1) is 6.92 Å². The predicted octanol–water partition coefficient (Wildman–Crippen LogP) is 3.11. The Morgan fingerprint density at radius 3 is 2.23 bits per heavy atom. The van der Waals surface area contributed by atoms with Gasteiger partial charge in [0.2, 0.25) is 5.91 Å². The summed E-state index contributed by atoms with van der Waals surface area (Å²) in [4.78, 5) is 23.7. The van der Waals surface area contributed by atoms with Crippen LogP contribution in [-0.4, -0.2) is 11.8 Å². The van der Waals surface area contributed by atoms with Crippen LogP contribution < -0.4 is 10.6 Å². The Morgan fingerprint density at radius 2 is 1.59 bits per heavy atom. The van der Waals surface area contributed by atoms with Crippen LogP contribution in [0.15, 0.2) is 60.3 Å². The van der Waals surface area contributed by atoms with E-state index in [1.807, 2.05) is 61.5 Å². The number of para-hydroxylation sites is 1. The van der Waals surface area contributed by atoms with Crippen molar-refractivity contribution in [2.45, 2.75) is 13.8 Å². The largest absolute Gasteiger partial charge is 0.322 e. The summed E-state index contributed by atoms with van der Waals surface area (Å²) in [6.07, 6.45) is 1.65. The van der Waals surface area contributed by atoms with Gasteiger partial charge in [-0.25, -0.2) is 0 Å². The van der Waals surface area contributed by atoms with Crippen molar-refractivity contribution in [1.29, 1.82) is 0 Å². The number of anilines is 1. The van der Waals surface area contributed by atoms with Crippen molar-refractivity contribution in [2.24, 2.45) is 0 Å². The predicted molar refractivity (Wildman–Crippen MR) is 88.0 cm³/mol. The lowest BCUT2D eigenvalue weighted by Gasteiger charge is -2.11. The third kappa shape index (κ3) is 4.31. The zero-order valence-electron chi connectivity index (χ0n) is 12.6. The fraction of sp³-hybridized carbons (Fsp3) is 0.111. The molecule has 0 aliphatic rings. The van der Waals surface area contributed by atoms with Gasteiger partial charge in [-0.3, -0.25) is 9.59 Å². The molecule has 0 unspecified atom stereocenters. The zero-order chi connectivity index (χ0) is 15.9. The summed E-state index contributed by atoms with van der Waals surface area (Å²) in [5.74, 6) is -0.643. The number of amides is 2. The maximum Gasteiger partial charge on any atom is 0.272 e. The van der Waals surface area contributed by atoms with E-state index in [1.165, 1.54) is 6.92 Å². The van der Waals surface area contributed by atoms with Crippen LogP contribution in [0.1, 0.15) is 18.1 Å². The molecule has 0 aliphatic heterocycles. The van der Waals surface area contributed by atoms with Gasteiger partial charge in [0, 0.05) is 12.6 Å². The summed E-state index contributed by atoms with van der Waals surface area (Å²) >= 11 is 0. The van der Waals surface area contributed by atoms with E-state index >= 15 is 0 Å². The Bertz CT molecular complexity index is 706. The molecule has 4 nitrogen and oxygen atoms in total. The minimum atomic E-state index is -0.353. The first-order valence-electron chi connectivity index (χ1n) is 6.97. The first kappa shape index (κ1) is 15.5. The molecule has 0 fully saturated rings. The fourth-order valence-corrected chi connectivity index (χ4v) is 1.97. The highest BCUT2D eigenvalue weighted by Crippen LogP contribution is 2.14. The molecule has 2 N–H and O–H groups in total. The minimum absolute atomic E-state index is 0.210. The number of benzene rings is 2. The summed E-state index contributed by atoms with van der Waals surface area (Å²) in [5.41, 5.74) is 2.72.